The Bertz CT molecular complexity index is 385. The van der Waals surface area contributed by atoms with Gasteiger partial charge >= 0.3 is 6.09 Å². The van der Waals surface area contributed by atoms with Crippen molar-refractivity contribution in [3.05, 3.63) is 35.9 Å². The van der Waals surface area contributed by atoms with Crippen molar-refractivity contribution in [2.45, 2.75) is 32.8 Å². The topological polar surface area (TPSA) is 64.3 Å². The number of alkyl carbamates (subject to hydrolysis) is 1. The van der Waals surface area contributed by atoms with E-state index >= 15 is 0 Å². The third kappa shape index (κ3) is 6.82. The molecule has 0 spiro atoms. The number of amides is 1. The molecule has 1 rings (SSSR count). The molecule has 0 aliphatic carbocycles. The van der Waals surface area contributed by atoms with Gasteiger partial charge in [-0.1, -0.05) is 30.3 Å². The van der Waals surface area contributed by atoms with Gasteiger partial charge in [0.25, 0.3) is 0 Å². The second-order valence-corrected chi connectivity index (χ2v) is 5.67. The average Bonchev–Trinajstić information content (AvgIpc) is 2.33. The summed E-state index contributed by atoms with van der Waals surface area (Å²) in [5.41, 5.74) is 6.50. The molecule has 1 atom stereocenters. The Balaban J connectivity index is 2.39. The Hall–Kier alpha value is -1.55. The maximum Gasteiger partial charge on any atom is 0.407 e. The first-order valence-electron chi connectivity index (χ1n) is 6.61. The molecule has 0 radical (unpaired) electrons. The summed E-state index contributed by atoms with van der Waals surface area (Å²) >= 11 is 0. The van der Waals surface area contributed by atoms with Crippen molar-refractivity contribution in [1.29, 1.82) is 0 Å². The Morgan fingerprint density at radius 2 is 1.95 bits per heavy atom. The molecule has 0 aliphatic rings. The summed E-state index contributed by atoms with van der Waals surface area (Å²) in [7, 11) is 0. The Morgan fingerprint density at radius 1 is 1.32 bits per heavy atom. The van der Waals surface area contributed by atoms with Crippen molar-refractivity contribution in [2.24, 2.45) is 11.7 Å². The lowest BCUT2D eigenvalue weighted by atomic mass is 9.99. The van der Waals surface area contributed by atoms with Crippen LogP contribution >= 0.6 is 0 Å². The molecular weight excluding hydrogens is 240 g/mol. The lowest BCUT2D eigenvalue weighted by Gasteiger charge is -2.21. The van der Waals surface area contributed by atoms with Gasteiger partial charge in [0, 0.05) is 6.54 Å². The number of ether oxygens (including phenoxy) is 1. The number of hydrogen-bond donors (Lipinski definition) is 2. The summed E-state index contributed by atoms with van der Waals surface area (Å²) in [4.78, 5) is 11.6. The van der Waals surface area contributed by atoms with Gasteiger partial charge in [0.1, 0.15) is 5.60 Å². The highest BCUT2D eigenvalue weighted by Crippen LogP contribution is 2.09. The van der Waals surface area contributed by atoms with E-state index in [0.717, 1.165) is 6.42 Å². The first kappa shape index (κ1) is 15.5. The number of rotatable bonds is 5. The number of carbonyl (C=O) groups is 1. The van der Waals surface area contributed by atoms with E-state index in [0.29, 0.717) is 13.1 Å². The van der Waals surface area contributed by atoms with Crippen LogP contribution in [0.5, 0.6) is 0 Å². The van der Waals surface area contributed by atoms with E-state index in [2.05, 4.69) is 17.4 Å². The van der Waals surface area contributed by atoms with Gasteiger partial charge in [-0.25, -0.2) is 4.79 Å². The van der Waals surface area contributed by atoms with Crippen LogP contribution in [0.2, 0.25) is 0 Å². The van der Waals surface area contributed by atoms with Gasteiger partial charge in [0.15, 0.2) is 0 Å². The maximum atomic E-state index is 11.6. The molecule has 0 heterocycles. The molecule has 1 aromatic rings. The van der Waals surface area contributed by atoms with E-state index in [1.165, 1.54) is 5.56 Å². The predicted molar refractivity (Wildman–Crippen MR) is 76.9 cm³/mol. The minimum Gasteiger partial charge on any atom is -0.444 e. The fourth-order valence-electron chi connectivity index (χ4n) is 1.73. The van der Waals surface area contributed by atoms with Crippen LogP contribution in [0, 0.1) is 5.92 Å². The average molecular weight is 264 g/mol. The van der Waals surface area contributed by atoms with Crippen LogP contribution in [0.3, 0.4) is 0 Å². The van der Waals surface area contributed by atoms with Gasteiger partial charge < -0.3 is 15.8 Å². The van der Waals surface area contributed by atoms with E-state index in [1.54, 1.807) is 0 Å². The molecule has 0 saturated carbocycles. The standard InChI is InChI=1S/C15H24N2O2/c1-15(2,3)19-14(18)17-11-13(10-16)9-12-7-5-4-6-8-12/h4-8,13H,9-11,16H2,1-3H3,(H,17,18). The molecular formula is C15H24N2O2. The first-order chi connectivity index (χ1) is 8.90. The molecule has 4 heteroatoms. The Labute approximate surface area is 115 Å². The van der Waals surface area contributed by atoms with Gasteiger partial charge in [-0.05, 0) is 45.2 Å². The van der Waals surface area contributed by atoms with Gasteiger partial charge in [0.2, 0.25) is 0 Å². The fourth-order valence-corrected chi connectivity index (χ4v) is 1.73. The second kappa shape index (κ2) is 7.14. The normalized spacial score (nSPS) is 12.8. The van der Waals surface area contributed by atoms with Crippen molar-refractivity contribution in [3.8, 4) is 0 Å². The summed E-state index contributed by atoms with van der Waals surface area (Å²) in [5, 5.41) is 2.77. The number of benzene rings is 1. The zero-order chi connectivity index (χ0) is 14.3. The zero-order valence-corrected chi connectivity index (χ0v) is 12.0. The summed E-state index contributed by atoms with van der Waals surface area (Å²) < 4.78 is 5.19. The van der Waals surface area contributed by atoms with E-state index in [-0.39, 0.29) is 12.0 Å². The van der Waals surface area contributed by atoms with Crippen LogP contribution in [0.25, 0.3) is 0 Å². The van der Waals surface area contributed by atoms with Gasteiger partial charge in [0.05, 0.1) is 0 Å². The van der Waals surface area contributed by atoms with E-state index < -0.39 is 5.60 Å². The van der Waals surface area contributed by atoms with Crippen molar-refractivity contribution < 1.29 is 9.53 Å². The van der Waals surface area contributed by atoms with E-state index in [1.807, 2.05) is 39.0 Å². The molecule has 4 nitrogen and oxygen atoms in total. The number of nitrogens with two attached hydrogens (primary N) is 1. The molecule has 0 aliphatic heterocycles. The van der Waals surface area contributed by atoms with Crippen LogP contribution in [-0.4, -0.2) is 24.8 Å². The minimum absolute atomic E-state index is 0.218. The van der Waals surface area contributed by atoms with Gasteiger partial charge in [-0.2, -0.15) is 0 Å². The summed E-state index contributed by atoms with van der Waals surface area (Å²) in [6.07, 6.45) is 0.464. The first-order valence-corrected chi connectivity index (χ1v) is 6.61. The monoisotopic (exact) mass is 264 g/mol. The third-order valence-electron chi connectivity index (χ3n) is 2.63. The molecule has 1 aromatic carbocycles. The SMILES string of the molecule is CC(C)(C)OC(=O)NCC(CN)Cc1ccccc1. The fraction of sp³-hybridized carbons (Fsp3) is 0.533. The molecule has 19 heavy (non-hydrogen) atoms. The quantitative estimate of drug-likeness (QED) is 0.858. The number of hydrogen-bond acceptors (Lipinski definition) is 3. The molecule has 1 amide bonds. The highest BCUT2D eigenvalue weighted by Gasteiger charge is 2.17. The van der Waals surface area contributed by atoms with E-state index in [9.17, 15) is 4.79 Å². The van der Waals surface area contributed by atoms with Crippen molar-refractivity contribution in [2.75, 3.05) is 13.1 Å². The molecule has 0 fully saturated rings. The van der Waals surface area contributed by atoms with Crippen LogP contribution in [0.1, 0.15) is 26.3 Å². The molecule has 0 aromatic heterocycles. The molecule has 0 bridgehead atoms. The highest BCUT2D eigenvalue weighted by atomic mass is 16.6. The van der Waals surface area contributed by atoms with Crippen LogP contribution < -0.4 is 11.1 Å². The Kier molecular flexibility index (Phi) is 5.83. The lowest BCUT2D eigenvalue weighted by molar-refractivity contribution is 0.0520. The van der Waals surface area contributed by atoms with Crippen LogP contribution in [0.4, 0.5) is 4.79 Å². The Morgan fingerprint density at radius 3 is 2.47 bits per heavy atom. The lowest BCUT2D eigenvalue weighted by Crippen LogP contribution is -2.37. The van der Waals surface area contributed by atoms with Gasteiger partial charge in [-0.15, -0.1) is 0 Å². The predicted octanol–water partition coefficient (Wildman–Crippen LogP) is 2.33. The van der Waals surface area contributed by atoms with Crippen molar-refractivity contribution >= 4 is 6.09 Å². The minimum atomic E-state index is -0.471. The van der Waals surface area contributed by atoms with Gasteiger partial charge in [-0.3, -0.25) is 0 Å². The smallest absolute Gasteiger partial charge is 0.407 e. The summed E-state index contributed by atoms with van der Waals surface area (Å²) in [5.74, 6) is 0.218. The van der Waals surface area contributed by atoms with Crippen LogP contribution in [-0.2, 0) is 11.2 Å². The van der Waals surface area contributed by atoms with E-state index in [4.69, 9.17) is 10.5 Å². The molecule has 106 valence electrons. The van der Waals surface area contributed by atoms with Crippen molar-refractivity contribution in [1.82, 2.24) is 5.32 Å². The molecule has 0 saturated heterocycles. The maximum absolute atomic E-state index is 11.6. The molecule has 1 unspecified atom stereocenters. The second-order valence-electron chi connectivity index (χ2n) is 5.67. The zero-order valence-electron chi connectivity index (χ0n) is 12.0. The number of carbonyl (C=O) groups excluding carboxylic acids is 1. The number of nitrogens with one attached hydrogen (secondary N) is 1. The summed E-state index contributed by atoms with van der Waals surface area (Å²) in [6, 6.07) is 10.1. The third-order valence-corrected chi connectivity index (χ3v) is 2.63. The molecule has 3 N–H and O–H groups in total. The highest BCUT2D eigenvalue weighted by molar-refractivity contribution is 5.67. The largest absolute Gasteiger partial charge is 0.444 e. The van der Waals surface area contributed by atoms with Crippen molar-refractivity contribution in [3.63, 3.8) is 0 Å². The van der Waals surface area contributed by atoms with Crippen LogP contribution in [0.15, 0.2) is 30.3 Å². The summed E-state index contributed by atoms with van der Waals surface area (Å²) in [6.45, 7) is 6.59.